The van der Waals surface area contributed by atoms with Crippen molar-refractivity contribution in [3.63, 3.8) is 0 Å². The summed E-state index contributed by atoms with van der Waals surface area (Å²) in [5.41, 5.74) is 9.31. The van der Waals surface area contributed by atoms with E-state index in [1.807, 2.05) is 303 Å². The van der Waals surface area contributed by atoms with Gasteiger partial charge in [0.15, 0.2) is 25.2 Å². The van der Waals surface area contributed by atoms with E-state index in [0.29, 0.717) is 6.61 Å². The molecule has 0 amide bonds. The molecule has 0 N–H and O–H groups in total. The van der Waals surface area contributed by atoms with Crippen LogP contribution < -0.4 is 0 Å². The highest BCUT2D eigenvalue weighted by atomic mass is 16.8. The minimum Gasteiger partial charge on any atom is -0.374 e. The van der Waals surface area contributed by atoms with Gasteiger partial charge in [0.25, 0.3) is 0 Å². The van der Waals surface area contributed by atoms with Crippen LogP contribution in [0.15, 0.2) is 303 Å². The zero-order valence-corrected chi connectivity index (χ0v) is 58.1. The Balaban J connectivity index is 0.876. The molecular weight excluding hydrogens is 1310 g/mol. The zero-order valence-electron chi connectivity index (χ0n) is 58.1. The second kappa shape index (κ2) is 38.0. The van der Waals surface area contributed by atoms with E-state index in [4.69, 9.17) is 75.8 Å². The summed E-state index contributed by atoms with van der Waals surface area (Å²) in [6.45, 7) is 1.94. The normalized spacial score (nSPS) is 26.1. The average Bonchev–Trinajstić information content (AvgIpc) is 0.763. The van der Waals surface area contributed by atoms with Crippen LogP contribution in [0, 0.1) is 0 Å². The lowest BCUT2D eigenvalue weighted by atomic mass is 9.95. The summed E-state index contributed by atoms with van der Waals surface area (Å²) >= 11 is 0. The molecule has 0 aromatic heterocycles. The minimum absolute atomic E-state index is 0.0336. The fraction of sp³-hybridized carbons (Fsp3) is 0.318. The molecule has 0 aliphatic carbocycles. The maximum Gasteiger partial charge on any atom is 0.190 e. The number of rotatable bonds is 34. The summed E-state index contributed by atoms with van der Waals surface area (Å²) in [6.07, 6.45) is -15.2. The SMILES string of the molecule is c1ccc(COC[C@H]2O[C@H](O[C@H]3[C@H](OCc4ccccc4)[C@@H](OCc4ccccc4)[C@@H](O[C@H]4O[C@@H]5COC(c6ccccc6)O[C@H]5[C@H](OCc5ccccc5)[C@H]4OCc4ccccc4)O[C@@H]3COCc3ccccc3)[C@H](OCc3ccccc3)[C@@H](OCc3ccccc3)[C@@H]2OCc2ccccc2)cc1. The number of ether oxygens (including phenoxy) is 16. The van der Waals surface area contributed by atoms with Gasteiger partial charge < -0.3 is 75.8 Å². The molecule has 10 aromatic rings. The summed E-state index contributed by atoms with van der Waals surface area (Å²) < 4.78 is 116. The van der Waals surface area contributed by atoms with Crippen molar-refractivity contribution in [1.29, 1.82) is 0 Å². The molecule has 0 radical (unpaired) electrons. The number of hydrogen-bond acceptors (Lipinski definition) is 16. The molecule has 4 aliphatic rings. The topological polar surface area (TPSA) is 148 Å². The van der Waals surface area contributed by atoms with E-state index in [9.17, 15) is 0 Å². The van der Waals surface area contributed by atoms with Crippen LogP contribution in [0.25, 0.3) is 0 Å². The monoisotopic (exact) mass is 1400 g/mol. The molecule has 16 nitrogen and oxygen atoms in total. The van der Waals surface area contributed by atoms with Crippen molar-refractivity contribution in [2.45, 2.75) is 158 Å². The fourth-order valence-electron chi connectivity index (χ4n) is 13.5. The van der Waals surface area contributed by atoms with Gasteiger partial charge in [-0.25, -0.2) is 0 Å². The number of fused-ring (bicyclic) bond motifs is 1. The van der Waals surface area contributed by atoms with E-state index >= 15 is 0 Å². The van der Waals surface area contributed by atoms with Crippen LogP contribution >= 0.6 is 0 Å². The largest absolute Gasteiger partial charge is 0.374 e. The van der Waals surface area contributed by atoms with Crippen LogP contribution in [0.1, 0.15) is 61.9 Å². The van der Waals surface area contributed by atoms with Crippen LogP contribution in [0.2, 0.25) is 0 Å². The third-order valence-corrected chi connectivity index (χ3v) is 18.9. The van der Waals surface area contributed by atoms with E-state index in [2.05, 4.69) is 0 Å². The number of hydrogen-bond donors (Lipinski definition) is 0. The molecule has 0 saturated carbocycles. The van der Waals surface area contributed by atoms with E-state index in [0.717, 1.165) is 55.6 Å². The van der Waals surface area contributed by atoms with Gasteiger partial charge in [-0.05, 0) is 50.1 Å². The van der Waals surface area contributed by atoms with Crippen LogP contribution in [-0.4, -0.2) is 112 Å². The Morgan fingerprint density at radius 2 is 0.510 bits per heavy atom. The van der Waals surface area contributed by atoms with Crippen LogP contribution in [0.3, 0.4) is 0 Å². The third-order valence-electron chi connectivity index (χ3n) is 18.9. The van der Waals surface area contributed by atoms with E-state index in [1.54, 1.807) is 0 Å². The molecule has 10 aromatic carbocycles. The van der Waals surface area contributed by atoms with E-state index < -0.39 is 98.4 Å². The first-order valence-electron chi connectivity index (χ1n) is 36.0. The van der Waals surface area contributed by atoms with Crippen molar-refractivity contribution in [2.24, 2.45) is 0 Å². The second-order valence-corrected chi connectivity index (χ2v) is 26.4. The second-order valence-electron chi connectivity index (χ2n) is 26.4. The van der Waals surface area contributed by atoms with Crippen molar-refractivity contribution in [2.75, 3.05) is 19.8 Å². The molecule has 4 fully saturated rings. The van der Waals surface area contributed by atoms with Gasteiger partial charge in [-0.2, -0.15) is 0 Å². The standard InChI is InChI=1S/C88H90O16/c1-11-31-63(32-12-1)51-89-60-73-76(91-53-65-35-15-3-16-36-65)79(92-54-66-37-17-4-18-38-66)82(95-57-69-43-23-7-24-44-69)86(99-73)103-77-74(61-90-52-64-33-13-2-14-34-64)100-87(83(96-58-70-45-25-8-26-46-70)80(77)93-55-67-39-19-5-20-40-67)104-88-84(97-59-71-47-27-9-28-48-71)81(94-56-68-41-21-6-22-42-68)78-75(101-88)62-98-85(102-78)72-49-29-10-30-50-72/h1-50,73-88H,51-62H2/t73-,74-,75-,76-,77-,78-,79+,80+,81+,82-,83-,84-,85?,86-,87-,88-/m1/s1. The van der Waals surface area contributed by atoms with Gasteiger partial charge in [0.05, 0.1) is 79.3 Å². The Labute approximate surface area is 609 Å². The average molecular weight is 1400 g/mol. The van der Waals surface area contributed by atoms with E-state index in [-0.39, 0.29) is 72.7 Å². The lowest BCUT2D eigenvalue weighted by molar-refractivity contribution is -0.418. The maximum absolute atomic E-state index is 7.86. The van der Waals surface area contributed by atoms with Gasteiger partial charge >= 0.3 is 0 Å². The molecule has 104 heavy (non-hydrogen) atoms. The zero-order chi connectivity index (χ0) is 70.2. The Bertz CT molecular complexity index is 4020. The Morgan fingerprint density at radius 1 is 0.240 bits per heavy atom. The van der Waals surface area contributed by atoms with Crippen LogP contribution in [-0.2, 0) is 135 Å². The molecule has 16 atom stereocenters. The van der Waals surface area contributed by atoms with Crippen molar-refractivity contribution in [3.05, 3.63) is 359 Å². The molecule has 0 bridgehead atoms. The van der Waals surface area contributed by atoms with Gasteiger partial charge in [-0.15, -0.1) is 0 Å². The lowest BCUT2D eigenvalue weighted by Gasteiger charge is -2.52. The quantitative estimate of drug-likeness (QED) is 0.0376. The third kappa shape index (κ3) is 20.1. The molecule has 16 heteroatoms. The summed E-state index contributed by atoms with van der Waals surface area (Å²) in [5, 5.41) is 0. The molecule has 0 spiro atoms. The van der Waals surface area contributed by atoms with Gasteiger partial charge in [-0.3, -0.25) is 0 Å². The fourth-order valence-corrected chi connectivity index (χ4v) is 13.5. The van der Waals surface area contributed by atoms with Crippen LogP contribution in [0.4, 0.5) is 0 Å². The molecule has 14 rings (SSSR count). The van der Waals surface area contributed by atoms with Gasteiger partial charge in [0.1, 0.15) is 73.2 Å². The summed E-state index contributed by atoms with van der Waals surface area (Å²) in [4.78, 5) is 0. The van der Waals surface area contributed by atoms with Crippen molar-refractivity contribution in [3.8, 4) is 0 Å². The first-order chi connectivity index (χ1) is 51.6. The first-order valence-corrected chi connectivity index (χ1v) is 36.0. The van der Waals surface area contributed by atoms with Crippen molar-refractivity contribution < 1.29 is 75.8 Å². The molecule has 538 valence electrons. The minimum atomic E-state index is -1.29. The first kappa shape index (κ1) is 72.5. The molecule has 4 saturated heterocycles. The Kier molecular flexibility index (Phi) is 26.5. The highest BCUT2D eigenvalue weighted by molar-refractivity contribution is 5.22. The van der Waals surface area contributed by atoms with Gasteiger partial charge in [0.2, 0.25) is 0 Å². The Hall–Kier alpha value is -8.44. The predicted octanol–water partition coefficient (Wildman–Crippen LogP) is 15.2. The lowest BCUT2D eigenvalue weighted by Crippen LogP contribution is -2.68. The summed E-state index contributed by atoms with van der Waals surface area (Å²) in [7, 11) is 0. The van der Waals surface area contributed by atoms with Crippen molar-refractivity contribution in [1.82, 2.24) is 0 Å². The summed E-state index contributed by atoms with van der Waals surface area (Å²) in [6, 6.07) is 100. The number of benzene rings is 10. The van der Waals surface area contributed by atoms with Crippen molar-refractivity contribution >= 4 is 0 Å². The smallest absolute Gasteiger partial charge is 0.190 e. The molecule has 4 aliphatic heterocycles. The van der Waals surface area contributed by atoms with Gasteiger partial charge in [0, 0.05) is 5.56 Å². The van der Waals surface area contributed by atoms with E-state index in [1.165, 1.54) is 0 Å². The summed E-state index contributed by atoms with van der Waals surface area (Å²) in [5.74, 6) is 0. The van der Waals surface area contributed by atoms with Gasteiger partial charge in [-0.1, -0.05) is 303 Å². The Morgan fingerprint density at radius 3 is 0.875 bits per heavy atom. The predicted molar refractivity (Wildman–Crippen MR) is 389 cm³/mol. The highest BCUT2D eigenvalue weighted by Crippen LogP contribution is 2.42. The molecular formula is C88H90O16. The van der Waals surface area contributed by atoms with Crippen LogP contribution in [0.5, 0.6) is 0 Å². The molecule has 4 heterocycles. The maximum atomic E-state index is 7.86. The highest BCUT2D eigenvalue weighted by Gasteiger charge is 2.58. The molecule has 1 unspecified atom stereocenters.